The van der Waals surface area contributed by atoms with E-state index in [4.69, 9.17) is 0 Å². The third-order valence-electron chi connectivity index (χ3n) is 2.56. The zero-order chi connectivity index (χ0) is 11.8. The van der Waals surface area contributed by atoms with Gasteiger partial charge in [0.15, 0.2) is 0 Å². The largest absolute Gasteiger partial charge is 0.101 e. The van der Waals surface area contributed by atoms with Gasteiger partial charge in [-0.15, -0.1) is 0 Å². The second-order valence-electron chi connectivity index (χ2n) is 3.93. The number of halogens is 4. The van der Waals surface area contributed by atoms with Crippen LogP contribution >= 0.6 is 77.0 Å². The summed E-state index contributed by atoms with van der Waals surface area (Å²) in [7, 11) is 0. The second kappa shape index (κ2) is 5.17. The van der Waals surface area contributed by atoms with E-state index in [1.807, 2.05) is 0 Å². The predicted octanol–water partition coefficient (Wildman–Crippen LogP) is 5.92. The standard InChI is InChI=1S/C12H10Br2I2/c13-11(14)7-6-10(12(15,16)8-11)9-4-2-1-3-5-9/h1-6H,7-8H2. The molecule has 0 aromatic heterocycles. The molecule has 0 N–H and O–H groups in total. The highest BCUT2D eigenvalue weighted by atomic mass is 127. The lowest BCUT2D eigenvalue weighted by molar-refractivity contribution is 0.749. The Balaban J connectivity index is 2.39. The van der Waals surface area contributed by atoms with Crippen LogP contribution in [0.5, 0.6) is 0 Å². The summed E-state index contributed by atoms with van der Waals surface area (Å²) in [6, 6.07) is 10.6. The molecular formula is C12H10Br2I2. The maximum Gasteiger partial charge on any atom is 0.101 e. The number of allylic oxidation sites excluding steroid dienone is 2. The first kappa shape index (κ1) is 13.8. The van der Waals surface area contributed by atoms with Crippen molar-refractivity contribution in [2.75, 3.05) is 0 Å². The quantitative estimate of drug-likeness (QED) is 0.292. The fourth-order valence-corrected chi connectivity index (χ4v) is 7.47. The molecule has 16 heavy (non-hydrogen) atoms. The predicted molar refractivity (Wildman–Crippen MR) is 95.0 cm³/mol. The Morgan fingerprint density at radius 2 is 1.69 bits per heavy atom. The minimum Gasteiger partial charge on any atom is -0.0763 e. The van der Waals surface area contributed by atoms with Gasteiger partial charge in [0.2, 0.25) is 0 Å². The first-order chi connectivity index (χ1) is 7.41. The molecule has 1 aromatic carbocycles. The molecule has 0 saturated heterocycles. The van der Waals surface area contributed by atoms with Crippen molar-refractivity contribution in [1.29, 1.82) is 0 Å². The van der Waals surface area contributed by atoms with Crippen LogP contribution in [0.2, 0.25) is 0 Å². The second-order valence-corrected chi connectivity index (χ2v) is 13.8. The number of rotatable bonds is 1. The van der Waals surface area contributed by atoms with E-state index in [1.165, 1.54) is 11.1 Å². The van der Waals surface area contributed by atoms with Gasteiger partial charge in [-0.2, -0.15) is 0 Å². The van der Waals surface area contributed by atoms with Crippen molar-refractivity contribution in [3.8, 4) is 0 Å². The lowest BCUT2D eigenvalue weighted by Crippen LogP contribution is -2.28. The number of hydrogen-bond donors (Lipinski definition) is 0. The molecule has 0 nitrogen and oxygen atoms in total. The highest BCUT2D eigenvalue weighted by Crippen LogP contribution is 2.55. The Bertz CT molecular complexity index is 410. The van der Waals surface area contributed by atoms with Gasteiger partial charge in [-0.25, -0.2) is 0 Å². The summed E-state index contributed by atoms with van der Waals surface area (Å²) in [5.74, 6) is 0. The van der Waals surface area contributed by atoms with Gasteiger partial charge in [0.05, 0.1) is 3.23 Å². The fourth-order valence-electron chi connectivity index (χ4n) is 1.84. The van der Waals surface area contributed by atoms with Crippen molar-refractivity contribution in [3.63, 3.8) is 0 Å². The van der Waals surface area contributed by atoms with Crippen LogP contribution in [0.25, 0.3) is 5.57 Å². The van der Waals surface area contributed by atoms with Crippen molar-refractivity contribution in [2.45, 2.75) is 17.5 Å². The molecule has 2 rings (SSSR count). The van der Waals surface area contributed by atoms with Crippen LogP contribution in [-0.2, 0) is 0 Å². The fraction of sp³-hybridized carbons (Fsp3) is 0.333. The van der Waals surface area contributed by atoms with Gasteiger partial charge in [-0.05, 0) is 17.6 Å². The van der Waals surface area contributed by atoms with Crippen LogP contribution in [0.4, 0.5) is 0 Å². The molecule has 1 aliphatic rings. The van der Waals surface area contributed by atoms with Crippen LogP contribution in [-0.4, -0.2) is 4.66 Å². The Hall–Kier alpha value is 1.38. The Labute approximate surface area is 140 Å². The molecule has 0 bridgehead atoms. The van der Waals surface area contributed by atoms with E-state index >= 15 is 0 Å². The zero-order valence-corrected chi connectivity index (χ0v) is 15.9. The molecule has 4 heteroatoms. The molecule has 0 saturated carbocycles. The number of hydrogen-bond acceptors (Lipinski definition) is 0. The van der Waals surface area contributed by atoms with Gasteiger partial charge in [0.1, 0.15) is 1.43 Å². The first-order valence-corrected chi connectivity index (χ1v) is 8.67. The summed E-state index contributed by atoms with van der Waals surface area (Å²) >= 11 is 12.5. The minimum absolute atomic E-state index is 0.0562. The summed E-state index contributed by atoms with van der Waals surface area (Å²) in [6.07, 6.45) is 4.42. The third kappa shape index (κ3) is 3.23. The van der Waals surface area contributed by atoms with Gasteiger partial charge in [0, 0.05) is 6.42 Å². The smallest absolute Gasteiger partial charge is 0.0763 e. The van der Waals surface area contributed by atoms with Crippen molar-refractivity contribution >= 4 is 82.6 Å². The van der Waals surface area contributed by atoms with Crippen LogP contribution in [0.3, 0.4) is 0 Å². The Morgan fingerprint density at radius 3 is 2.25 bits per heavy atom. The van der Waals surface area contributed by atoms with Gasteiger partial charge < -0.3 is 0 Å². The molecule has 1 aliphatic carbocycles. The lowest BCUT2D eigenvalue weighted by atomic mass is 9.93. The van der Waals surface area contributed by atoms with E-state index in [0.29, 0.717) is 0 Å². The van der Waals surface area contributed by atoms with E-state index < -0.39 is 0 Å². The molecule has 1 aromatic rings. The molecule has 0 unspecified atom stereocenters. The Kier molecular flexibility index (Phi) is 4.46. The third-order valence-corrected chi connectivity index (χ3v) is 5.70. The number of alkyl halides is 4. The average molecular weight is 568 g/mol. The summed E-state index contributed by atoms with van der Waals surface area (Å²) in [6.45, 7) is 0. The van der Waals surface area contributed by atoms with Gasteiger partial charge in [-0.1, -0.05) is 113 Å². The van der Waals surface area contributed by atoms with E-state index in [9.17, 15) is 0 Å². The molecule has 0 atom stereocenters. The van der Waals surface area contributed by atoms with Crippen LogP contribution in [0, 0.1) is 0 Å². The maximum atomic E-state index is 3.73. The molecule has 0 aliphatic heterocycles. The summed E-state index contributed by atoms with van der Waals surface area (Å²) in [5, 5.41) is 0. The monoisotopic (exact) mass is 566 g/mol. The molecule has 0 spiro atoms. The van der Waals surface area contributed by atoms with Crippen LogP contribution in [0.1, 0.15) is 18.4 Å². The number of benzene rings is 1. The maximum absolute atomic E-state index is 3.73. The summed E-state index contributed by atoms with van der Waals surface area (Å²) in [4.78, 5) is 0. The van der Waals surface area contributed by atoms with Gasteiger partial charge in [0.25, 0.3) is 0 Å². The molecule has 86 valence electrons. The van der Waals surface area contributed by atoms with Crippen molar-refractivity contribution in [3.05, 3.63) is 42.0 Å². The van der Waals surface area contributed by atoms with E-state index in [0.717, 1.165) is 12.8 Å². The van der Waals surface area contributed by atoms with Gasteiger partial charge >= 0.3 is 0 Å². The molecular weight excluding hydrogens is 558 g/mol. The van der Waals surface area contributed by atoms with E-state index in [2.05, 4.69) is 113 Å². The average Bonchev–Trinajstić information content (AvgIpc) is 2.16. The minimum atomic E-state index is 0.0562. The SMILES string of the molecule is BrC1(Br)CC=C(c2ccccc2)C(I)(I)C1. The highest BCUT2D eigenvalue weighted by Gasteiger charge is 2.41. The highest BCUT2D eigenvalue weighted by molar-refractivity contribution is 14.2. The molecule has 0 fully saturated rings. The summed E-state index contributed by atoms with van der Waals surface area (Å²) in [5.41, 5.74) is 2.77. The topological polar surface area (TPSA) is 0 Å². The Morgan fingerprint density at radius 1 is 1.06 bits per heavy atom. The lowest BCUT2D eigenvalue weighted by Gasteiger charge is -2.36. The van der Waals surface area contributed by atoms with Crippen molar-refractivity contribution < 1.29 is 0 Å². The van der Waals surface area contributed by atoms with Crippen LogP contribution < -0.4 is 0 Å². The first-order valence-electron chi connectivity index (χ1n) is 4.92. The summed E-state index contributed by atoms with van der Waals surface area (Å²) < 4.78 is 0.197. The van der Waals surface area contributed by atoms with Crippen LogP contribution in [0.15, 0.2) is 36.4 Å². The van der Waals surface area contributed by atoms with Gasteiger partial charge in [-0.3, -0.25) is 0 Å². The molecule has 0 amide bonds. The van der Waals surface area contributed by atoms with E-state index in [1.54, 1.807) is 0 Å². The molecule has 0 heterocycles. The van der Waals surface area contributed by atoms with Crippen molar-refractivity contribution in [1.82, 2.24) is 0 Å². The van der Waals surface area contributed by atoms with Crippen molar-refractivity contribution in [2.24, 2.45) is 0 Å². The normalized spacial score (nSPS) is 22.6. The zero-order valence-electron chi connectivity index (χ0n) is 8.39. The van der Waals surface area contributed by atoms with E-state index in [-0.39, 0.29) is 4.66 Å². The molecule has 0 radical (unpaired) electrons.